The lowest BCUT2D eigenvalue weighted by Gasteiger charge is -2.62. The zero-order valence-electron chi connectivity index (χ0n) is 20.3. The smallest absolute Gasteiger partial charge is 0.187 e. The lowest BCUT2D eigenvalue weighted by Crippen LogP contribution is -2.66. The van der Waals surface area contributed by atoms with Crippen LogP contribution in [-0.2, 0) is 4.79 Å². The fourth-order valence-corrected chi connectivity index (χ4v) is 8.33. The summed E-state index contributed by atoms with van der Waals surface area (Å²) in [5, 5.41) is 33.9. The third kappa shape index (κ3) is 3.22. The summed E-state index contributed by atoms with van der Waals surface area (Å²) in [5.74, 6) is 1.46. The van der Waals surface area contributed by atoms with Crippen LogP contribution in [0.2, 0.25) is 0 Å². The molecule has 0 amide bonds. The average Bonchev–Trinajstić information content (AvgIpc) is 2.96. The van der Waals surface area contributed by atoms with Crippen LogP contribution in [0.5, 0.6) is 0 Å². The number of carbonyl (C=O) groups excluding carboxylic acids is 1. The minimum Gasteiger partial charge on any atom is -0.393 e. The predicted octanol–water partition coefficient (Wildman–Crippen LogP) is 4.80. The highest BCUT2D eigenvalue weighted by molar-refractivity contribution is 6.00. The first-order valence-electron chi connectivity index (χ1n) is 12.8. The standard InChI is InChI=1S/C27H44O4/c1-17(2)7-6-8-18(3)20-11-14-26(30)22-15-23(29)27(31)16-19(28)9-12-25(27,5)21(22)10-13-24(20,26)4/h15,17-21,28,30-31H,6-14,16H2,1-5H3/t18-,19+,20-,21+,24-,25-,26-,27-/m1/s1. The summed E-state index contributed by atoms with van der Waals surface area (Å²) in [4.78, 5) is 13.3. The van der Waals surface area contributed by atoms with Gasteiger partial charge in [-0.2, -0.15) is 0 Å². The van der Waals surface area contributed by atoms with E-state index in [0.717, 1.165) is 37.2 Å². The molecule has 31 heavy (non-hydrogen) atoms. The fourth-order valence-electron chi connectivity index (χ4n) is 8.33. The van der Waals surface area contributed by atoms with E-state index in [-0.39, 0.29) is 23.5 Å². The van der Waals surface area contributed by atoms with E-state index >= 15 is 0 Å². The van der Waals surface area contributed by atoms with Crippen LogP contribution in [0.4, 0.5) is 0 Å². The maximum Gasteiger partial charge on any atom is 0.187 e. The van der Waals surface area contributed by atoms with Gasteiger partial charge in [0.25, 0.3) is 0 Å². The molecule has 0 aromatic heterocycles. The number of rotatable bonds is 5. The summed E-state index contributed by atoms with van der Waals surface area (Å²) >= 11 is 0. The van der Waals surface area contributed by atoms with E-state index < -0.39 is 22.7 Å². The van der Waals surface area contributed by atoms with Gasteiger partial charge in [0, 0.05) is 17.3 Å². The van der Waals surface area contributed by atoms with Crippen LogP contribution in [0.3, 0.4) is 0 Å². The molecule has 176 valence electrons. The number of fused-ring (bicyclic) bond motifs is 5. The second kappa shape index (κ2) is 7.67. The first-order chi connectivity index (χ1) is 14.4. The molecule has 0 aromatic rings. The monoisotopic (exact) mass is 432 g/mol. The average molecular weight is 433 g/mol. The third-order valence-corrected chi connectivity index (χ3v) is 10.4. The van der Waals surface area contributed by atoms with Gasteiger partial charge in [-0.25, -0.2) is 0 Å². The molecule has 4 heteroatoms. The van der Waals surface area contributed by atoms with Crippen molar-refractivity contribution in [1.29, 1.82) is 0 Å². The summed E-state index contributed by atoms with van der Waals surface area (Å²) in [7, 11) is 0. The molecule has 0 bridgehead atoms. The molecular weight excluding hydrogens is 388 g/mol. The summed E-state index contributed by atoms with van der Waals surface area (Å²) in [6.45, 7) is 11.2. The summed E-state index contributed by atoms with van der Waals surface area (Å²) in [6, 6.07) is 0. The van der Waals surface area contributed by atoms with Crippen molar-refractivity contribution in [2.45, 2.75) is 116 Å². The molecule has 0 aliphatic heterocycles. The van der Waals surface area contributed by atoms with Gasteiger partial charge in [0.15, 0.2) is 5.78 Å². The van der Waals surface area contributed by atoms with E-state index in [9.17, 15) is 20.1 Å². The van der Waals surface area contributed by atoms with Gasteiger partial charge >= 0.3 is 0 Å². The highest BCUT2D eigenvalue weighted by atomic mass is 16.3. The van der Waals surface area contributed by atoms with E-state index in [1.807, 2.05) is 6.92 Å². The Morgan fingerprint density at radius 3 is 2.32 bits per heavy atom. The van der Waals surface area contributed by atoms with Crippen molar-refractivity contribution < 1.29 is 20.1 Å². The Kier molecular flexibility index (Phi) is 5.80. The number of carbonyl (C=O) groups is 1. The number of hydrogen-bond acceptors (Lipinski definition) is 4. The molecule has 8 atom stereocenters. The Bertz CT molecular complexity index is 758. The van der Waals surface area contributed by atoms with Gasteiger partial charge in [0.1, 0.15) is 5.60 Å². The molecule has 4 aliphatic rings. The van der Waals surface area contributed by atoms with Gasteiger partial charge in [0.2, 0.25) is 0 Å². The van der Waals surface area contributed by atoms with Crippen LogP contribution < -0.4 is 0 Å². The number of aliphatic hydroxyl groups is 3. The Balaban J connectivity index is 1.65. The van der Waals surface area contributed by atoms with Crippen molar-refractivity contribution in [3.8, 4) is 0 Å². The number of hydrogen-bond donors (Lipinski definition) is 3. The van der Waals surface area contributed by atoms with Crippen molar-refractivity contribution >= 4 is 5.78 Å². The van der Waals surface area contributed by atoms with Crippen LogP contribution >= 0.6 is 0 Å². The molecule has 4 rings (SSSR count). The molecule has 4 nitrogen and oxygen atoms in total. The lowest BCUT2D eigenvalue weighted by molar-refractivity contribution is -0.188. The van der Waals surface area contributed by atoms with Crippen LogP contribution in [0, 0.1) is 34.5 Å². The number of aliphatic hydroxyl groups excluding tert-OH is 1. The van der Waals surface area contributed by atoms with Crippen molar-refractivity contribution in [2.75, 3.05) is 0 Å². The second-order valence-electron chi connectivity index (χ2n) is 12.5. The van der Waals surface area contributed by atoms with E-state index in [1.165, 1.54) is 19.3 Å². The molecule has 0 radical (unpaired) electrons. The van der Waals surface area contributed by atoms with Gasteiger partial charge in [0.05, 0.1) is 11.7 Å². The summed E-state index contributed by atoms with van der Waals surface area (Å²) in [5.41, 5.74) is -2.39. The van der Waals surface area contributed by atoms with E-state index in [1.54, 1.807) is 6.08 Å². The third-order valence-electron chi connectivity index (χ3n) is 10.4. The largest absolute Gasteiger partial charge is 0.393 e. The van der Waals surface area contributed by atoms with Gasteiger partial charge in [-0.05, 0) is 73.8 Å². The van der Waals surface area contributed by atoms with Gasteiger partial charge in [-0.3, -0.25) is 4.79 Å². The van der Waals surface area contributed by atoms with Crippen LogP contribution in [-0.4, -0.2) is 38.4 Å². The van der Waals surface area contributed by atoms with Crippen LogP contribution in [0.25, 0.3) is 0 Å². The SMILES string of the molecule is CC(C)CCC[C@@H](C)[C@H]1CC[C@@]2(O)C3=CC(=O)[C@]4(O)C[C@@H](O)CC[C@]4(C)[C@H]3CC[C@]12C. The topological polar surface area (TPSA) is 77.8 Å². The number of ketones is 1. The molecule has 0 aromatic carbocycles. The van der Waals surface area contributed by atoms with Crippen molar-refractivity contribution in [3.63, 3.8) is 0 Å². The van der Waals surface area contributed by atoms with Crippen LogP contribution in [0.15, 0.2) is 11.6 Å². The second-order valence-corrected chi connectivity index (χ2v) is 12.5. The van der Waals surface area contributed by atoms with Crippen molar-refractivity contribution in [3.05, 3.63) is 11.6 Å². The van der Waals surface area contributed by atoms with Gasteiger partial charge in [-0.15, -0.1) is 0 Å². The van der Waals surface area contributed by atoms with Gasteiger partial charge in [-0.1, -0.05) is 53.9 Å². The quantitative estimate of drug-likeness (QED) is 0.583. The Hall–Kier alpha value is -0.710. The molecule has 3 N–H and O–H groups in total. The first kappa shape index (κ1) is 23.4. The minimum atomic E-state index is -1.51. The van der Waals surface area contributed by atoms with E-state index in [2.05, 4.69) is 27.7 Å². The summed E-state index contributed by atoms with van der Waals surface area (Å²) < 4.78 is 0. The van der Waals surface area contributed by atoms with Crippen LogP contribution in [0.1, 0.15) is 98.8 Å². The normalized spacial score (nSPS) is 48.1. The molecule has 0 heterocycles. The van der Waals surface area contributed by atoms with Gasteiger partial charge < -0.3 is 15.3 Å². The molecule has 0 spiro atoms. The molecule has 0 saturated heterocycles. The molecular formula is C27H44O4. The van der Waals surface area contributed by atoms with E-state index in [4.69, 9.17) is 0 Å². The zero-order valence-corrected chi connectivity index (χ0v) is 20.3. The lowest BCUT2D eigenvalue weighted by atomic mass is 9.44. The highest BCUT2D eigenvalue weighted by Crippen LogP contribution is 2.68. The van der Waals surface area contributed by atoms with Crippen molar-refractivity contribution in [1.82, 2.24) is 0 Å². The summed E-state index contributed by atoms with van der Waals surface area (Å²) in [6.07, 6.45) is 9.59. The maximum atomic E-state index is 13.3. The minimum absolute atomic E-state index is 0.00997. The Morgan fingerprint density at radius 1 is 0.968 bits per heavy atom. The fraction of sp³-hybridized carbons (Fsp3) is 0.889. The molecule has 4 aliphatic carbocycles. The zero-order chi connectivity index (χ0) is 22.8. The van der Waals surface area contributed by atoms with Crippen molar-refractivity contribution in [2.24, 2.45) is 34.5 Å². The predicted molar refractivity (Wildman–Crippen MR) is 122 cm³/mol. The highest BCUT2D eigenvalue weighted by Gasteiger charge is 2.69. The molecule has 0 unspecified atom stereocenters. The first-order valence-corrected chi connectivity index (χ1v) is 12.8. The Labute approximate surface area is 188 Å². The molecule has 3 saturated carbocycles. The molecule has 3 fully saturated rings. The maximum absolute atomic E-state index is 13.3. The Morgan fingerprint density at radius 2 is 1.65 bits per heavy atom. The van der Waals surface area contributed by atoms with E-state index in [0.29, 0.717) is 24.7 Å².